The van der Waals surface area contributed by atoms with E-state index in [2.05, 4.69) is 4.98 Å². The fourth-order valence-corrected chi connectivity index (χ4v) is 2.24. The maximum Gasteiger partial charge on any atom is 0.301 e. The van der Waals surface area contributed by atoms with Crippen molar-refractivity contribution in [3.05, 3.63) is 23.5 Å². The molecule has 0 bridgehead atoms. The first kappa shape index (κ1) is 10.6. The molecule has 0 fully saturated rings. The normalized spacial score (nSPS) is 10.1. The van der Waals surface area contributed by atoms with Gasteiger partial charge in [0.15, 0.2) is 5.83 Å². The van der Waals surface area contributed by atoms with Crippen molar-refractivity contribution in [3.63, 3.8) is 0 Å². The van der Waals surface area contributed by atoms with E-state index in [9.17, 15) is 13.2 Å². The van der Waals surface area contributed by atoms with Gasteiger partial charge in [-0.25, -0.2) is 9.37 Å². The third-order valence-corrected chi connectivity index (χ3v) is 3.13. The van der Waals surface area contributed by atoms with Gasteiger partial charge in [-0.15, -0.1) is 11.3 Å². The van der Waals surface area contributed by atoms with Crippen molar-refractivity contribution in [2.24, 2.45) is 0 Å². The molecule has 1 aromatic heterocycles. The first-order valence-corrected chi connectivity index (χ1v) is 5.28. The molecule has 0 N–H and O–H groups in total. The zero-order chi connectivity index (χ0) is 9.68. The molecule has 0 saturated heterocycles. The van der Waals surface area contributed by atoms with Crippen molar-refractivity contribution in [1.29, 1.82) is 0 Å². The third-order valence-electron chi connectivity index (χ3n) is 1.16. The van der Waals surface area contributed by atoms with E-state index in [4.69, 9.17) is 0 Å². The van der Waals surface area contributed by atoms with Gasteiger partial charge in [0.1, 0.15) is 4.34 Å². The summed E-state index contributed by atoms with van der Waals surface area (Å²) in [5.74, 6) is -1.04. The van der Waals surface area contributed by atoms with Gasteiger partial charge in [0, 0.05) is 23.8 Å². The largest absolute Gasteiger partial charge is 0.301 e. The van der Waals surface area contributed by atoms with Crippen LogP contribution in [0.1, 0.15) is 6.42 Å². The lowest BCUT2D eigenvalue weighted by Gasteiger charge is -1.94. The molecule has 6 heteroatoms. The van der Waals surface area contributed by atoms with Gasteiger partial charge in [-0.2, -0.15) is 8.78 Å². The number of halogens is 3. The first-order valence-electron chi connectivity index (χ1n) is 3.42. The molecule has 1 nitrogen and oxygen atoms in total. The molecule has 0 aliphatic carbocycles. The molecule has 0 spiro atoms. The summed E-state index contributed by atoms with van der Waals surface area (Å²) < 4.78 is 36.2. The second-order valence-corrected chi connectivity index (χ2v) is 4.30. The summed E-state index contributed by atoms with van der Waals surface area (Å²) in [6, 6.07) is 0. The average Bonchev–Trinajstić information content (AvgIpc) is 2.56. The highest BCUT2D eigenvalue weighted by molar-refractivity contribution is 8.01. The number of hydrogen-bond acceptors (Lipinski definition) is 3. The van der Waals surface area contributed by atoms with E-state index in [-0.39, 0.29) is 12.2 Å². The molecule has 0 aliphatic heterocycles. The van der Waals surface area contributed by atoms with Crippen LogP contribution in [0.25, 0.3) is 0 Å². The maximum atomic E-state index is 12.3. The van der Waals surface area contributed by atoms with E-state index >= 15 is 0 Å². The third kappa shape index (κ3) is 3.82. The van der Waals surface area contributed by atoms with E-state index in [0.29, 0.717) is 0 Å². The van der Waals surface area contributed by atoms with Crippen molar-refractivity contribution in [2.75, 3.05) is 5.75 Å². The van der Waals surface area contributed by atoms with Crippen LogP contribution >= 0.6 is 23.1 Å². The number of hydrogen-bond donors (Lipinski definition) is 0. The van der Waals surface area contributed by atoms with Gasteiger partial charge in [-0.05, 0) is 0 Å². The Labute approximate surface area is 81.7 Å². The van der Waals surface area contributed by atoms with Gasteiger partial charge in [0.05, 0.1) is 0 Å². The lowest BCUT2D eigenvalue weighted by atomic mass is 10.4. The van der Waals surface area contributed by atoms with Crippen molar-refractivity contribution in [1.82, 2.24) is 4.98 Å². The van der Waals surface area contributed by atoms with E-state index in [1.165, 1.54) is 23.1 Å². The molecule has 0 amide bonds. The Kier molecular flexibility index (Phi) is 4.31. The zero-order valence-electron chi connectivity index (χ0n) is 6.47. The van der Waals surface area contributed by atoms with Crippen LogP contribution in [0.2, 0.25) is 0 Å². The lowest BCUT2D eigenvalue weighted by molar-refractivity contribution is 0.373. The average molecular weight is 225 g/mol. The standard InChI is InChI=1S/C7H6F3NS2/c8-5(6(9)10)1-3-12-7-11-2-4-13-7/h2,4H,1,3H2. The summed E-state index contributed by atoms with van der Waals surface area (Å²) in [5, 5.41) is 1.78. The second-order valence-electron chi connectivity index (χ2n) is 2.06. The van der Waals surface area contributed by atoms with E-state index < -0.39 is 11.9 Å². The minimum absolute atomic E-state index is 0.243. The van der Waals surface area contributed by atoms with E-state index in [1.807, 2.05) is 0 Å². The highest BCUT2D eigenvalue weighted by Gasteiger charge is 2.05. The van der Waals surface area contributed by atoms with Gasteiger partial charge in [0.2, 0.25) is 0 Å². The number of allylic oxidation sites excluding steroid dienone is 1. The van der Waals surface area contributed by atoms with Gasteiger partial charge in [0.25, 0.3) is 0 Å². The predicted octanol–water partition coefficient (Wildman–Crippen LogP) is 3.70. The second kappa shape index (κ2) is 5.29. The Morgan fingerprint density at radius 3 is 2.77 bits per heavy atom. The first-order chi connectivity index (χ1) is 6.20. The van der Waals surface area contributed by atoms with Crippen LogP contribution in [0, 0.1) is 0 Å². The summed E-state index contributed by atoms with van der Waals surface area (Å²) in [7, 11) is 0. The summed E-state index contributed by atoms with van der Waals surface area (Å²) in [6.45, 7) is 0. The molecule has 0 atom stereocenters. The molecule has 0 aromatic carbocycles. The molecule has 0 radical (unpaired) electrons. The molecule has 72 valence electrons. The zero-order valence-corrected chi connectivity index (χ0v) is 8.10. The van der Waals surface area contributed by atoms with Crippen LogP contribution in [0.15, 0.2) is 27.8 Å². The van der Waals surface area contributed by atoms with Crippen LogP contribution in [0.3, 0.4) is 0 Å². The summed E-state index contributed by atoms with van der Waals surface area (Å²) in [6.07, 6.45) is -0.846. The van der Waals surface area contributed by atoms with Gasteiger partial charge in [-0.3, -0.25) is 0 Å². The van der Waals surface area contributed by atoms with Crippen LogP contribution in [-0.2, 0) is 0 Å². The summed E-state index contributed by atoms with van der Waals surface area (Å²) in [5.41, 5.74) is 0. The van der Waals surface area contributed by atoms with Crippen molar-refractivity contribution < 1.29 is 13.2 Å². The maximum absolute atomic E-state index is 12.3. The molecule has 1 rings (SSSR count). The van der Waals surface area contributed by atoms with Crippen molar-refractivity contribution >= 4 is 23.1 Å². The molecular weight excluding hydrogens is 219 g/mol. The highest BCUT2D eigenvalue weighted by Crippen LogP contribution is 2.23. The predicted molar refractivity (Wildman–Crippen MR) is 47.8 cm³/mol. The summed E-state index contributed by atoms with van der Waals surface area (Å²) in [4.78, 5) is 3.91. The van der Waals surface area contributed by atoms with E-state index in [0.717, 1.165) is 4.34 Å². The Balaban J connectivity index is 2.26. The number of nitrogens with zero attached hydrogens (tertiary/aromatic N) is 1. The smallest absolute Gasteiger partial charge is 0.238 e. The number of aromatic nitrogens is 1. The highest BCUT2D eigenvalue weighted by atomic mass is 32.2. The molecule has 13 heavy (non-hydrogen) atoms. The molecule has 1 aromatic rings. The van der Waals surface area contributed by atoms with Crippen LogP contribution < -0.4 is 0 Å². The van der Waals surface area contributed by atoms with Crippen molar-refractivity contribution in [3.8, 4) is 0 Å². The fraction of sp³-hybridized carbons (Fsp3) is 0.286. The van der Waals surface area contributed by atoms with E-state index in [1.54, 1.807) is 11.6 Å². The van der Waals surface area contributed by atoms with Gasteiger partial charge >= 0.3 is 6.08 Å². The molecule has 1 heterocycles. The van der Waals surface area contributed by atoms with Crippen molar-refractivity contribution in [2.45, 2.75) is 10.8 Å². The van der Waals surface area contributed by atoms with Crippen LogP contribution in [0.4, 0.5) is 13.2 Å². The minimum atomic E-state index is -2.22. The van der Waals surface area contributed by atoms with Gasteiger partial charge < -0.3 is 0 Å². The fourth-order valence-electron chi connectivity index (χ4n) is 0.604. The quantitative estimate of drug-likeness (QED) is 0.724. The van der Waals surface area contributed by atoms with Crippen LogP contribution in [-0.4, -0.2) is 10.7 Å². The molecule has 0 unspecified atom stereocenters. The monoisotopic (exact) mass is 225 g/mol. The topological polar surface area (TPSA) is 12.9 Å². The Morgan fingerprint density at radius 2 is 2.23 bits per heavy atom. The van der Waals surface area contributed by atoms with Gasteiger partial charge in [-0.1, -0.05) is 11.8 Å². The summed E-state index contributed by atoms with van der Waals surface area (Å²) >= 11 is 2.68. The molecule has 0 aliphatic rings. The minimum Gasteiger partial charge on any atom is -0.238 e. The number of rotatable bonds is 4. The number of thioether (sulfide) groups is 1. The lowest BCUT2D eigenvalue weighted by Crippen LogP contribution is -1.81. The SMILES string of the molecule is FC(F)=C(F)CCSc1nccs1. The Hall–Kier alpha value is -0.490. The Morgan fingerprint density at radius 1 is 1.46 bits per heavy atom. The van der Waals surface area contributed by atoms with Crippen LogP contribution in [0.5, 0.6) is 0 Å². The molecular formula is C7H6F3NS2. The Bertz CT molecular complexity index is 280. The number of thiazole rings is 1. The molecule has 0 saturated carbocycles.